The van der Waals surface area contributed by atoms with E-state index < -0.39 is 0 Å². The first-order valence-electron chi connectivity index (χ1n) is 11.7. The molecule has 1 aliphatic rings. The van der Waals surface area contributed by atoms with Gasteiger partial charge in [0.1, 0.15) is 0 Å². The van der Waals surface area contributed by atoms with E-state index in [9.17, 15) is 5.11 Å². The average molecular weight is 471 g/mol. The maximum atomic E-state index is 11.0. The number of anilines is 1. The van der Waals surface area contributed by atoms with Crippen molar-refractivity contribution in [1.82, 2.24) is 9.88 Å². The molecule has 0 unspecified atom stereocenters. The van der Waals surface area contributed by atoms with Crippen LogP contribution in [-0.2, 0) is 0 Å². The van der Waals surface area contributed by atoms with Crippen LogP contribution in [0.2, 0.25) is 0 Å². The summed E-state index contributed by atoms with van der Waals surface area (Å²) >= 11 is 0. The maximum absolute atomic E-state index is 11.0. The van der Waals surface area contributed by atoms with Gasteiger partial charge in [0.05, 0.1) is 36.7 Å². The number of rotatable bonds is 6. The molecular formula is C28H30N4O3. The average Bonchev–Trinajstić information content (AvgIpc) is 3.22. The minimum Gasteiger partial charge on any atom is -0.494 e. The SMILES string of the molecule is COc1cc2[nH]c(O)c(C(=Nc3ccc(N4CCN(C)CC4)cc3)c3ccccc3)c2cc1OC. The molecule has 1 saturated heterocycles. The first-order valence-corrected chi connectivity index (χ1v) is 11.7. The Labute approximate surface area is 205 Å². The predicted octanol–water partition coefficient (Wildman–Crippen LogP) is 4.81. The molecule has 7 nitrogen and oxygen atoms in total. The highest BCUT2D eigenvalue weighted by Gasteiger charge is 2.21. The second kappa shape index (κ2) is 9.72. The molecule has 180 valence electrons. The summed E-state index contributed by atoms with van der Waals surface area (Å²) in [6.45, 7) is 4.16. The number of hydrogen-bond donors (Lipinski definition) is 2. The zero-order valence-corrected chi connectivity index (χ0v) is 20.3. The highest BCUT2D eigenvalue weighted by Crippen LogP contribution is 2.38. The number of fused-ring (bicyclic) bond motifs is 1. The van der Waals surface area contributed by atoms with Crippen molar-refractivity contribution in [3.8, 4) is 17.4 Å². The number of piperazine rings is 1. The van der Waals surface area contributed by atoms with Gasteiger partial charge in [-0.3, -0.25) is 0 Å². The molecule has 3 aromatic carbocycles. The topological polar surface area (TPSA) is 73.3 Å². The normalized spacial score (nSPS) is 14.9. The highest BCUT2D eigenvalue weighted by molar-refractivity contribution is 6.22. The van der Waals surface area contributed by atoms with Crippen molar-refractivity contribution >= 4 is 28.0 Å². The van der Waals surface area contributed by atoms with Crippen LogP contribution in [0.3, 0.4) is 0 Å². The summed E-state index contributed by atoms with van der Waals surface area (Å²) in [5, 5.41) is 11.8. The van der Waals surface area contributed by atoms with Crippen LogP contribution in [0.1, 0.15) is 11.1 Å². The molecule has 0 amide bonds. The largest absolute Gasteiger partial charge is 0.494 e. The van der Waals surface area contributed by atoms with Gasteiger partial charge in [-0.05, 0) is 37.4 Å². The molecular weight excluding hydrogens is 440 g/mol. The van der Waals surface area contributed by atoms with Gasteiger partial charge in [0.15, 0.2) is 17.4 Å². The molecule has 4 aromatic rings. The van der Waals surface area contributed by atoms with Crippen molar-refractivity contribution in [2.45, 2.75) is 0 Å². The molecule has 1 fully saturated rings. The van der Waals surface area contributed by atoms with Crippen LogP contribution in [0.25, 0.3) is 10.9 Å². The Hall–Kier alpha value is -3.97. The number of ether oxygens (including phenoxy) is 2. The molecule has 5 rings (SSSR count). The molecule has 0 bridgehead atoms. The number of methoxy groups -OCH3 is 2. The number of nitrogens with one attached hydrogen (secondary N) is 1. The summed E-state index contributed by atoms with van der Waals surface area (Å²) in [5.41, 5.74) is 4.95. The zero-order chi connectivity index (χ0) is 24.4. The lowest BCUT2D eigenvalue weighted by molar-refractivity contribution is 0.313. The number of aromatic nitrogens is 1. The van der Waals surface area contributed by atoms with Crippen molar-refractivity contribution in [3.05, 3.63) is 77.9 Å². The Kier molecular flexibility index (Phi) is 6.33. The van der Waals surface area contributed by atoms with Crippen molar-refractivity contribution in [2.24, 2.45) is 4.99 Å². The van der Waals surface area contributed by atoms with E-state index in [0.717, 1.165) is 48.3 Å². The van der Waals surface area contributed by atoms with E-state index in [2.05, 4.69) is 34.0 Å². The summed E-state index contributed by atoms with van der Waals surface area (Å²) in [6, 6.07) is 21.9. The van der Waals surface area contributed by atoms with Crippen molar-refractivity contribution in [3.63, 3.8) is 0 Å². The molecule has 0 saturated carbocycles. The lowest BCUT2D eigenvalue weighted by atomic mass is 10.0. The predicted molar refractivity (Wildman–Crippen MR) is 141 cm³/mol. The van der Waals surface area contributed by atoms with Gasteiger partial charge in [-0.2, -0.15) is 0 Å². The number of aromatic amines is 1. The Balaban J connectivity index is 1.59. The Morgan fingerprint density at radius 3 is 2.20 bits per heavy atom. The third-order valence-corrected chi connectivity index (χ3v) is 6.53. The molecule has 0 aliphatic carbocycles. The summed E-state index contributed by atoms with van der Waals surface area (Å²) in [5.74, 6) is 1.22. The summed E-state index contributed by atoms with van der Waals surface area (Å²) in [6.07, 6.45) is 0. The van der Waals surface area contributed by atoms with E-state index in [-0.39, 0.29) is 5.88 Å². The molecule has 2 heterocycles. The summed E-state index contributed by atoms with van der Waals surface area (Å²) in [7, 11) is 5.35. The number of aliphatic imine (C=N–C) groups is 1. The molecule has 2 N–H and O–H groups in total. The molecule has 35 heavy (non-hydrogen) atoms. The van der Waals surface area contributed by atoms with Gasteiger partial charge < -0.3 is 29.4 Å². The van der Waals surface area contributed by atoms with Crippen LogP contribution >= 0.6 is 0 Å². The lowest BCUT2D eigenvalue weighted by Gasteiger charge is -2.34. The second-order valence-electron chi connectivity index (χ2n) is 8.73. The number of likely N-dealkylation sites (N-methyl/N-ethyl adjacent to an activating group) is 1. The van der Waals surface area contributed by atoms with Crippen molar-refractivity contribution in [1.29, 1.82) is 0 Å². The fourth-order valence-electron chi connectivity index (χ4n) is 4.54. The van der Waals surface area contributed by atoms with Gasteiger partial charge in [0, 0.05) is 48.9 Å². The zero-order valence-electron chi connectivity index (χ0n) is 20.3. The van der Waals surface area contributed by atoms with E-state index in [1.807, 2.05) is 54.6 Å². The van der Waals surface area contributed by atoms with Crippen LogP contribution in [0.15, 0.2) is 71.7 Å². The molecule has 1 aliphatic heterocycles. The van der Waals surface area contributed by atoms with E-state index in [4.69, 9.17) is 14.5 Å². The van der Waals surface area contributed by atoms with Crippen LogP contribution in [0.4, 0.5) is 11.4 Å². The van der Waals surface area contributed by atoms with E-state index >= 15 is 0 Å². The Morgan fingerprint density at radius 2 is 1.54 bits per heavy atom. The monoisotopic (exact) mass is 470 g/mol. The standard InChI is InChI=1S/C28H30N4O3/c1-31-13-15-32(16-14-31)21-11-9-20(10-12-21)29-27(19-7-5-4-6-8-19)26-22-17-24(34-2)25(35-3)18-23(22)30-28(26)33/h4-12,17-18,30,33H,13-16H2,1-3H3. The van der Waals surface area contributed by atoms with Gasteiger partial charge in [-0.1, -0.05) is 30.3 Å². The number of benzene rings is 3. The van der Waals surface area contributed by atoms with Gasteiger partial charge in [-0.25, -0.2) is 4.99 Å². The first kappa shape index (κ1) is 22.8. The Bertz CT molecular complexity index is 1340. The maximum Gasteiger partial charge on any atom is 0.199 e. The van der Waals surface area contributed by atoms with E-state index in [1.165, 1.54) is 5.69 Å². The molecule has 0 atom stereocenters. The Morgan fingerprint density at radius 1 is 0.886 bits per heavy atom. The number of nitrogens with zero attached hydrogens (tertiary/aromatic N) is 3. The van der Waals surface area contributed by atoms with Crippen LogP contribution in [-0.4, -0.2) is 68.1 Å². The number of hydrogen-bond acceptors (Lipinski definition) is 6. The molecule has 0 spiro atoms. The number of aromatic hydroxyl groups is 1. The minimum absolute atomic E-state index is 0.0481. The number of H-pyrrole nitrogens is 1. The third-order valence-electron chi connectivity index (χ3n) is 6.53. The quantitative estimate of drug-likeness (QED) is 0.396. The summed E-state index contributed by atoms with van der Waals surface area (Å²) in [4.78, 5) is 12.8. The second-order valence-corrected chi connectivity index (χ2v) is 8.73. The highest BCUT2D eigenvalue weighted by atomic mass is 16.5. The first-order chi connectivity index (χ1) is 17.1. The molecule has 7 heteroatoms. The lowest BCUT2D eigenvalue weighted by Crippen LogP contribution is -2.44. The van der Waals surface area contributed by atoms with Gasteiger partial charge in [0.25, 0.3) is 0 Å². The van der Waals surface area contributed by atoms with E-state index in [1.54, 1.807) is 14.2 Å². The van der Waals surface area contributed by atoms with Crippen molar-refractivity contribution in [2.75, 3.05) is 52.3 Å². The van der Waals surface area contributed by atoms with Gasteiger partial charge >= 0.3 is 0 Å². The summed E-state index contributed by atoms with van der Waals surface area (Å²) < 4.78 is 11.0. The van der Waals surface area contributed by atoms with Gasteiger partial charge in [0.2, 0.25) is 0 Å². The molecule has 1 aromatic heterocycles. The van der Waals surface area contributed by atoms with Crippen LogP contribution < -0.4 is 14.4 Å². The fraction of sp³-hybridized carbons (Fsp3) is 0.250. The fourth-order valence-corrected chi connectivity index (χ4v) is 4.54. The van der Waals surface area contributed by atoms with Crippen LogP contribution in [0, 0.1) is 0 Å². The van der Waals surface area contributed by atoms with Gasteiger partial charge in [-0.15, -0.1) is 0 Å². The smallest absolute Gasteiger partial charge is 0.199 e. The van der Waals surface area contributed by atoms with E-state index in [0.29, 0.717) is 22.8 Å². The molecule has 0 radical (unpaired) electrons. The van der Waals surface area contributed by atoms with Crippen molar-refractivity contribution < 1.29 is 14.6 Å². The van der Waals surface area contributed by atoms with Crippen LogP contribution in [0.5, 0.6) is 17.4 Å². The third kappa shape index (κ3) is 4.55. The minimum atomic E-state index is 0.0481.